The molecule has 2 saturated carbocycles. The largest absolute Gasteiger partial charge is 0.322 e. The zero-order chi connectivity index (χ0) is 24.7. The number of piperidine rings is 1. The topological polar surface area (TPSA) is 78.5 Å². The van der Waals surface area contributed by atoms with Crippen molar-refractivity contribution in [1.29, 1.82) is 0 Å². The minimum absolute atomic E-state index is 0.0276. The fraction of sp³-hybridized carbons (Fsp3) is 0.667. The Hall–Kier alpha value is -2.35. The first kappa shape index (κ1) is 24.3. The van der Waals surface area contributed by atoms with Crippen LogP contribution >= 0.6 is 0 Å². The second-order valence-electron chi connectivity index (χ2n) is 11.0. The van der Waals surface area contributed by atoms with Gasteiger partial charge in [0.25, 0.3) is 5.91 Å². The highest BCUT2D eigenvalue weighted by molar-refractivity contribution is 6.05. The number of imide groups is 1. The molecule has 2 N–H and O–H groups in total. The molecule has 1 aromatic carbocycles. The summed E-state index contributed by atoms with van der Waals surface area (Å²) in [4.78, 5) is 38.5. The molecular weight excluding hydrogens is 452 g/mol. The fourth-order valence-corrected chi connectivity index (χ4v) is 6.60. The molecule has 0 aromatic heterocycles. The number of benzene rings is 1. The molecule has 2 aliphatic heterocycles. The van der Waals surface area contributed by atoms with E-state index < -0.39 is 17.9 Å². The first-order valence-corrected chi connectivity index (χ1v) is 13.1. The molecule has 0 bridgehead atoms. The van der Waals surface area contributed by atoms with E-state index in [1.165, 1.54) is 12.0 Å². The molecule has 4 aliphatic rings. The van der Waals surface area contributed by atoms with Crippen LogP contribution in [0.4, 0.5) is 8.78 Å². The standard InChI is InChI=1S/C27H35F2N3O3/c1-16(20-4-2-3-5-22(20)30-19-10-12-27(28,29)13-11-19)17-6-7-21-18(14-17)15-32(26(21)35)23-8-9-24(33)31-25(23)34/h6-7,14,16,19-20,22-23,30H,2-5,8-13,15H2,1H3,(H,31,33,34)/t16?,20-,22+,23?/m1/s1. The smallest absolute Gasteiger partial charge is 0.255 e. The van der Waals surface area contributed by atoms with Gasteiger partial charge in [0.15, 0.2) is 0 Å². The SMILES string of the molecule is CC(c1ccc2c(c1)CN(C1CCC(=O)NC1=O)C2=O)[C@H]1CCCC[C@@H]1NC1CCC(F)(F)CC1. The van der Waals surface area contributed by atoms with Crippen LogP contribution in [0.3, 0.4) is 0 Å². The molecule has 2 heterocycles. The van der Waals surface area contributed by atoms with Gasteiger partial charge in [0, 0.05) is 43.5 Å². The van der Waals surface area contributed by atoms with Crippen molar-refractivity contribution in [2.45, 2.75) is 108 Å². The number of carbonyl (C=O) groups excluding carboxylic acids is 3. The van der Waals surface area contributed by atoms with Gasteiger partial charge in [-0.3, -0.25) is 19.7 Å². The molecule has 0 spiro atoms. The molecule has 190 valence electrons. The van der Waals surface area contributed by atoms with Crippen molar-refractivity contribution in [2.75, 3.05) is 0 Å². The van der Waals surface area contributed by atoms with Crippen molar-refractivity contribution in [1.82, 2.24) is 15.5 Å². The summed E-state index contributed by atoms with van der Waals surface area (Å²) in [5.41, 5.74) is 2.74. The highest BCUT2D eigenvalue weighted by Crippen LogP contribution is 2.40. The second-order valence-corrected chi connectivity index (χ2v) is 11.0. The molecule has 2 unspecified atom stereocenters. The fourth-order valence-electron chi connectivity index (χ4n) is 6.60. The molecule has 1 aromatic rings. The van der Waals surface area contributed by atoms with Crippen LogP contribution in [0.1, 0.15) is 98.5 Å². The summed E-state index contributed by atoms with van der Waals surface area (Å²) in [5, 5.41) is 6.10. The minimum Gasteiger partial charge on any atom is -0.322 e. The number of rotatable bonds is 5. The molecule has 5 rings (SSSR count). The minimum atomic E-state index is -2.51. The third kappa shape index (κ3) is 4.99. The van der Waals surface area contributed by atoms with Gasteiger partial charge in [0.2, 0.25) is 17.7 Å². The monoisotopic (exact) mass is 487 g/mol. The summed E-state index contributed by atoms with van der Waals surface area (Å²) in [7, 11) is 0. The highest BCUT2D eigenvalue weighted by Gasteiger charge is 2.40. The zero-order valence-corrected chi connectivity index (χ0v) is 20.3. The van der Waals surface area contributed by atoms with Gasteiger partial charge in [-0.2, -0.15) is 0 Å². The van der Waals surface area contributed by atoms with Gasteiger partial charge in [-0.15, -0.1) is 0 Å². The average Bonchev–Trinajstić information content (AvgIpc) is 3.16. The maximum absolute atomic E-state index is 13.6. The number of nitrogens with one attached hydrogen (secondary N) is 2. The van der Waals surface area contributed by atoms with Crippen LogP contribution in [-0.4, -0.2) is 46.7 Å². The molecule has 4 atom stereocenters. The number of amides is 3. The van der Waals surface area contributed by atoms with Gasteiger partial charge < -0.3 is 10.2 Å². The van der Waals surface area contributed by atoms with E-state index in [9.17, 15) is 23.2 Å². The first-order valence-electron chi connectivity index (χ1n) is 13.1. The van der Waals surface area contributed by atoms with Crippen LogP contribution in [0.5, 0.6) is 0 Å². The van der Waals surface area contributed by atoms with Crippen LogP contribution in [0.15, 0.2) is 18.2 Å². The van der Waals surface area contributed by atoms with Crippen LogP contribution in [-0.2, 0) is 16.1 Å². The Morgan fingerprint density at radius 2 is 1.80 bits per heavy atom. The van der Waals surface area contributed by atoms with E-state index in [4.69, 9.17) is 0 Å². The van der Waals surface area contributed by atoms with E-state index in [0.717, 1.165) is 24.8 Å². The van der Waals surface area contributed by atoms with E-state index in [2.05, 4.69) is 23.6 Å². The quantitative estimate of drug-likeness (QED) is 0.608. The van der Waals surface area contributed by atoms with Crippen LogP contribution in [0.25, 0.3) is 0 Å². The van der Waals surface area contributed by atoms with Crippen LogP contribution in [0, 0.1) is 5.92 Å². The number of carbonyl (C=O) groups is 3. The lowest BCUT2D eigenvalue weighted by molar-refractivity contribution is -0.136. The van der Waals surface area contributed by atoms with Gasteiger partial charge in [-0.1, -0.05) is 31.9 Å². The average molecular weight is 488 g/mol. The maximum atomic E-state index is 13.6. The lowest BCUT2D eigenvalue weighted by atomic mass is 9.73. The number of alkyl halides is 2. The molecule has 8 heteroatoms. The Morgan fingerprint density at radius 1 is 1.06 bits per heavy atom. The van der Waals surface area contributed by atoms with Crippen LogP contribution < -0.4 is 10.6 Å². The van der Waals surface area contributed by atoms with Crippen LogP contribution in [0.2, 0.25) is 0 Å². The summed E-state index contributed by atoms with van der Waals surface area (Å²) in [6, 6.07) is 5.88. The first-order chi connectivity index (χ1) is 16.7. The Bertz CT molecular complexity index is 1000. The number of hydrogen-bond acceptors (Lipinski definition) is 4. The third-order valence-corrected chi connectivity index (χ3v) is 8.70. The molecule has 2 aliphatic carbocycles. The number of fused-ring (bicyclic) bond motifs is 1. The van der Waals surface area contributed by atoms with E-state index in [-0.39, 0.29) is 43.0 Å². The molecule has 1 saturated heterocycles. The summed E-state index contributed by atoms with van der Waals surface area (Å²) in [5.74, 6) is -2.67. The van der Waals surface area contributed by atoms with Gasteiger partial charge in [0.1, 0.15) is 6.04 Å². The van der Waals surface area contributed by atoms with Crippen molar-refractivity contribution in [3.8, 4) is 0 Å². The van der Waals surface area contributed by atoms with E-state index in [1.807, 2.05) is 12.1 Å². The predicted molar refractivity (Wildman–Crippen MR) is 127 cm³/mol. The molecule has 3 fully saturated rings. The molecular formula is C27H35F2N3O3. The molecule has 0 radical (unpaired) electrons. The lowest BCUT2D eigenvalue weighted by Crippen LogP contribution is -2.52. The molecule has 6 nitrogen and oxygen atoms in total. The maximum Gasteiger partial charge on any atom is 0.255 e. The Labute approximate surface area is 205 Å². The van der Waals surface area contributed by atoms with Crippen molar-refractivity contribution in [3.63, 3.8) is 0 Å². The van der Waals surface area contributed by atoms with E-state index in [0.29, 0.717) is 43.3 Å². The van der Waals surface area contributed by atoms with Crippen molar-refractivity contribution in [3.05, 3.63) is 34.9 Å². The summed E-state index contributed by atoms with van der Waals surface area (Å²) >= 11 is 0. The number of hydrogen-bond donors (Lipinski definition) is 2. The van der Waals surface area contributed by atoms with E-state index >= 15 is 0 Å². The number of nitrogens with zero attached hydrogens (tertiary/aromatic N) is 1. The van der Waals surface area contributed by atoms with Crippen molar-refractivity contribution >= 4 is 17.7 Å². The van der Waals surface area contributed by atoms with E-state index in [1.54, 1.807) is 4.90 Å². The third-order valence-electron chi connectivity index (χ3n) is 8.70. The van der Waals surface area contributed by atoms with Crippen molar-refractivity contribution in [2.24, 2.45) is 5.92 Å². The number of halogens is 2. The van der Waals surface area contributed by atoms with Gasteiger partial charge in [-0.25, -0.2) is 8.78 Å². The lowest BCUT2D eigenvalue weighted by Gasteiger charge is -2.40. The van der Waals surface area contributed by atoms with Gasteiger partial charge >= 0.3 is 0 Å². The summed E-state index contributed by atoms with van der Waals surface area (Å²) in [6.07, 6.45) is 6.09. The molecule has 3 amide bonds. The van der Waals surface area contributed by atoms with Gasteiger partial charge in [-0.05, 0) is 61.1 Å². The normalized spacial score (nSPS) is 30.2. The van der Waals surface area contributed by atoms with Crippen molar-refractivity contribution < 1.29 is 23.2 Å². The zero-order valence-electron chi connectivity index (χ0n) is 20.3. The highest BCUT2D eigenvalue weighted by atomic mass is 19.3. The Morgan fingerprint density at radius 3 is 2.54 bits per heavy atom. The Balaban J connectivity index is 1.28. The predicted octanol–water partition coefficient (Wildman–Crippen LogP) is 4.28. The summed E-state index contributed by atoms with van der Waals surface area (Å²) < 4.78 is 27.2. The molecule has 35 heavy (non-hydrogen) atoms. The second kappa shape index (κ2) is 9.60. The van der Waals surface area contributed by atoms with Gasteiger partial charge in [0.05, 0.1) is 0 Å². The summed E-state index contributed by atoms with van der Waals surface area (Å²) in [6.45, 7) is 2.61. The Kier molecular flexibility index (Phi) is 6.68.